The maximum absolute atomic E-state index is 12.0. The molecule has 0 fully saturated rings. The Hall–Kier alpha value is -3.02. The molecule has 0 heterocycles. The third kappa shape index (κ3) is 5.84. The molecule has 0 radical (unpaired) electrons. The lowest BCUT2D eigenvalue weighted by Crippen LogP contribution is -2.42. The quantitative estimate of drug-likeness (QED) is 0.616. The number of amides is 2. The summed E-state index contributed by atoms with van der Waals surface area (Å²) in [7, 11) is 3.19. The van der Waals surface area contributed by atoms with Gasteiger partial charge in [0.1, 0.15) is 18.1 Å². The van der Waals surface area contributed by atoms with Crippen molar-refractivity contribution in [1.82, 2.24) is 10.2 Å². The van der Waals surface area contributed by atoms with E-state index < -0.39 is 11.8 Å². The summed E-state index contributed by atoms with van der Waals surface area (Å²) in [6, 6.07) is 16.6. The van der Waals surface area contributed by atoms with E-state index in [0.29, 0.717) is 12.3 Å². The van der Waals surface area contributed by atoms with Crippen LogP contribution in [0.4, 0.5) is 0 Å². The number of benzene rings is 2. The molecule has 132 valence electrons. The summed E-state index contributed by atoms with van der Waals surface area (Å²) in [6.45, 7) is 0.902. The molecule has 1 N–H and O–H groups in total. The minimum atomic E-state index is -0.642. The summed E-state index contributed by atoms with van der Waals surface area (Å²) in [6.07, 6.45) is 0. The molecule has 0 unspecified atom stereocenters. The van der Waals surface area contributed by atoms with Gasteiger partial charge in [-0.25, -0.2) is 0 Å². The van der Waals surface area contributed by atoms with Crippen LogP contribution in [0.5, 0.6) is 11.5 Å². The lowest BCUT2D eigenvalue weighted by molar-refractivity contribution is -0.145. The molecule has 0 saturated carbocycles. The molecule has 6 heteroatoms. The van der Waals surface area contributed by atoms with E-state index in [-0.39, 0.29) is 13.2 Å². The van der Waals surface area contributed by atoms with Crippen LogP contribution < -0.4 is 14.8 Å². The van der Waals surface area contributed by atoms with Gasteiger partial charge in [-0.3, -0.25) is 9.59 Å². The van der Waals surface area contributed by atoms with Crippen molar-refractivity contribution < 1.29 is 19.1 Å². The second-order valence-electron chi connectivity index (χ2n) is 5.43. The van der Waals surface area contributed by atoms with Crippen LogP contribution in [0.25, 0.3) is 0 Å². The number of likely N-dealkylation sites (N-methyl/N-ethyl adjacent to an activating group) is 1. The Morgan fingerprint density at radius 3 is 2.28 bits per heavy atom. The van der Waals surface area contributed by atoms with Gasteiger partial charge < -0.3 is 19.7 Å². The van der Waals surface area contributed by atoms with E-state index in [2.05, 4.69) is 5.32 Å². The molecule has 0 atom stereocenters. The van der Waals surface area contributed by atoms with Gasteiger partial charge in [-0.1, -0.05) is 30.3 Å². The SMILES string of the molecule is COc1ccc(OCCNC(=O)C(=O)N(C)Cc2ccccc2)cc1. The molecule has 2 aromatic rings. The van der Waals surface area contributed by atoms with Crippen molar-refractivity contribution in [2.45, 2.75) is 6.54 Å². The van der Waals surface area contributed by atoms with E-state index >= 15 is 0 Å². The number of hydrogen-bond acceptors (Lipinski definition) is 4. The Morgan fingerprint density at radius 1 is 1.00 bits per heavy atom. The summed E-state index contributed by atoms with van der Waals surface area (Å²) < 4.78 is 10.6. The third-order valence-corrected chi connectivity index (χ3v) is 3.52. The highest BCUT2D eigenvalue weighted by Crippen LogP contribution is 2.16. The average molecular weight is 342 g/mol. The van der Waals surface area contributed by atoms with Crippen LogP contribution in [-0.2, 0) is 16.1 Å². The highest BCUT2D eigenvalue weighted by Gasteiger charge is 2.18. The fourth-order valence-corrected chi connectivity index (χ4v) is 2.18. The van der Waals surface area contributed by atoms with Crippen molar-refractivity contribution in [3.05, 3.63) is 60.2 Å². The monoisotopic (exact) mass is 342 g/mol. The average Bonchev–Trinajstić information content (AvgIpc) is 2.65. The van der Waals surface area contributed by atoms with Gasteiger partial charge in [0.2, 0.25) is 0 Å². The van der Waals surface area contributed by atoms with Gasteiger partial charge in [0.25, 0.3) is 0 Å². The van der Waals surface area contributed by atoms with E-state index in [1.54, 1.807) is 38.4 Å². The Bertz CT molecular complexity index is 686. The highest BCUT2D eigenvalue weighted by atomic mass is 16.5. The second-order valence-corrected chi connectivity index (χ2v) is 5.43. The number of methoxy groups -OCH3 is 1. The van der Waals surface area contributed by atoms with Crippen LogP contribution >= 0.6 is 0 Å². The van der Waals surface area contributed by atoms with Crippen molar-refractivity contribution in [2.24, 2.45) is 0 Å². The minimum Gasteiger partial charge on any atom is -0.497 e. The van der Waals surface area contributed by atoms with Gasteiger partial charge in [-0.15, -0.1) is 0 Å². The van der Waals surface area contributed by atoms with E-state index in [1.807, 2.05) is 30.3 Å². The molecule has 6 nitrogen and oxygen atoms in total. The fourth-order valence-electron chi connectivity index (χ4n) is 2.18. The van der Waals surface area contributed by atoms with Crippen molar-refractivity contribution in [3.8, 4) is 11.5 Å². The predicted molar refractivity (Wildman–Crippen MR) is 94.4 cm³/mol. The van der Waals surface area contributed by atoms with Crippen molar-refractivity contribution in [2.75, 3.05) is 27.3 Å². The zero-order chi connectivity index (χ0) is 18.1. The van der Waals surface area contributed by atoms with Crippen LogP contribution in [0.1, 0.15) is 5.56 Å². The highest BCUT2D eigenvalue weighted by molar-refractivity contribution is 6.34. The topological polar surface area (TPSA) is 67.9 Å². The van der Waals surface area contributed by atoms with Crippen LogP contribution in [0.15, 0.2) is 54.6 Å². The third-order valence-electron chi connectivity index (χ3n) is 3.52. The zero-order valence-electron chi connectivity index (χ0n) is 14.4. The van der Waals surface area contributed by atoms with E-state index in [9.17, 15) is 9.59 Å². The molecule has 2 rings (SSSR count). The van der Waals surface area contributed by atoms with Gasteiger partial charge in [0.15, 0.2) is 0 Å². The maximum Gasteiger partial charge on any atom is 0.311 e. The minimum absolute atomic E-state index is 0.246. The van der Waals surface area contributed by atoms with Crippen molar-refractivity contribution >= 4 is 11.8 Å². The number of nitrogens with one attached hydrogen (secondary N) is 1. The molecular weight excluding hydrogens is 320 g/mol. The van der Waals surface area contributed by atoms with Crippen LogP contribution in [0.2, 0.25) is 0 Å². The van der Waals surface area contributed by atoms with Gasteiger partial charge in [-0.2, -0.15) is 0 Å². The lowest BCUT2D eigenvalue weighted by atomic mass is 10.2. The molecule has 2 amide bonds. The van der Waals surface area contributed by atoms with Gasteiger partial charge >= 0.3 is 11.8 Å². The number of carbonyl (C=O) groups excluding carboxylic acids is 2. The molecular formula is C19H22N2O4. The van der Waals surface area contributed by atoms with Crippen LogP contribution in [0.3, 0.4) is 0 Å². The van der Waals surface area contributed by atoms with Crippen molar-refractivity contribution in [3.63, 3.8) is 0 Å². The molecule has 25 heavy (non-hydrogen) atoms. The summed E-state index contributed by atoms with van der Waals surface area (Å²) >= 11 is 0. The summed E-state index contributed by atoms with van der Waals surface area (Å²) in [5.74, 6) is 0.195. The predicted octanol–water partition coefficient (Wildman–Crippen LogP) is 1.85. The Kier molecular flexibility index (Phi) is 6.83. The first-order chi connectivity index (χ1) is 12.1. The number of rotatable bonds is 7. The first-order valence-corrected chi connectivity index (χ1v) is 7.94. The molecule has 0 aliphatic carbocycles. The number of nitrogens with zero attached hydrogens (tertiary/aromatic N) is 1. The van der Waals surface area contributed by atoms with E-state index in [1.165, 1.54) is 4.90 Å². The normalized spacial score (nSPS) is 10.0. The zero-order valence-corrected chi connectivity index (χ0v) is 14.4. The fraction of sp³-hybridized carbons (Fsp3) is 0.263. The standard InChI is InChI=1S/C19H22N2O4/c1-21(14-15-6-4-3-5-7-15)19(23)18(22)20-12-13-25-17-10-8-16(24-2)9-11-17/h3-11H,12-14H2,1-2H3,(H,20,22). The summed E-state index contributed by atoms with van der Waals surface area (Å²) in [5, 5.41) is 2.56. The first-order valence-electron chi connectivity index (χ1n) is 7.94. The molecule has 0 bridgehead atoms. The summed E-state index contributed by atoms with van der Waals surface area (Å²) in [5.41, 5.74) is 0.967. The number of hydrogen-bond donors (Lipinski definition) is 1. The summed E-state index contributed by atoms with van der Waals surface area (Å²) in [4.78, 5) is 25.3. The van der Waals surface area contributed by atoms with Crippen molar-refractivity contribution in [1.29, 1.82) is 0 Å². The Balaban J connectivity index is 1.70. The molecule has 0 spiro atoms. The smallest absolute Gasteiger partial charge is 0.311 e. The van der Waals surface area contributed by atoms with Gasteiger partial charge in [-0.05, 0) is 29.8 Å². The number of carbonyl (C=O) groups is 2. The molecule has 0 saturated heterocycles. The first kappa shape index (κ1) is 18.3. The maximum atomic E-state index is 12.0. The molecule has 0 aromatic heterocycles. The molecule has 0 aliphatic rings. The number of ether oxygens (including phenoxy) is 2. The van der Waals surface area contributed by atoms with Gasteiger partial charge in [0, 0.05) is 13.6 Å². The van der Waals surface area contributed by atoms with E-state index in [4.69, 9.17) is 9.47 Å². The second kappa shape index (κ2) is 9.32. The largest absolute Gasteiger partial charge is 0.497 e. The van der Waals surface area contributed by atoms with E-state index in [0.717, 1.165) is 11.3 Å². The lowest BCUT2D eigenvalue weighted by Gasteiger charge is -2.16. The Labute approximate surface area is 147 Å². The van der Waals surface area contributed by atoms with Gasteiger partial charge in [0.05, 0.1) is 13.7 Å². The molecule has 0 aliphatic heterocycles. The van der Waals surface area contributed by atoms with Crippen LogP contribution in [0, 0.1) is 0 Å². The molecule has 2 aromatic carbocycles. The van der Waals surface area contributed by atoms with Crippen LogP contribution in [-0.4, -0.2) is 44.0 Å². The Morgan fingerprint density at radius 2 is 1.64 bits per heavy atom.